The maximum Gasteiger partial charge on any atom is 0.319 e. The summed E-state index contributed by atoms with van der Waals surface area (Å²) in [5, 5.41) is 16.7. The fourth-order valence-electron chi connectivity index (χ4n) is 4.33. The highest BCUT2D eigenvalue weighted by atomic mass is 16.6. The number of para-hydroxylation sites is 2. The van der Waals surface area contributed by atoms with E-state index in [1.807, 2.05) is 0 Å². The minimum Gasteiger partial charge on any atom is -0.336 e. The van der Waals surface area contributed by atoms with Crippen molar-refractivity contribution in [3.8, 4) is 0 Å². The van der Waals surface area contributed by atoms with E-state index < -0.39 is 4.92 Å². The lowest BCUT2D eigenvalue weighted by Crippen LogP contribution is -2.58. The second-order valence-electron chi connectivity index (χ2n) is 7.41. The highest BCUT2D eigenvalue weighted by Crippen LogP contribution is 2.35. The summed E-state index contributed by atoms with van der Waals surface area (Å²) in [7, 11) is 0. The molecule has 3 rings (SSSR count). The van der Waals surface area contributed by atoms with Crippen LogP contribution in [0.15, 0.2) is 24.3 Å². The number of rotatable bonds is 5. The number of hydrogen-bond acceptors (Lipinski definition) is 4. The van der Waals surface area contributed by atoms with Crippen LogP contribution in [-0.2, 0) is 0 Å². The highest BCUT2D eigenvalue weighted by molar-refractivity contribution is 5.91. The van der Waals surface area contributed by atoms with Gasteiger partial charge in [-0.1, -0.05) is 37.8 Å². The van der Waals surface area contributed by atoms with Crippen LogP contribution in [0.25, 0.3) is 0 Å². The molecule has 0 bridgehead atoms. The van der Waals surface area contributed by atoms with Gasteiger partial charge in [-0.2, -0.15) is 0 Å². The average Bonchev–Trinajstić information content (AvgIpc) is 2.68. The molecule has 0 atom stereocenters. The molecule has 0 aromatic heterocycles. The normalized spacial score (nSPS) is 20.3. The van der Waals surface area contributed by atoms with E-state index in [0.717, 1.165) is 25.9 Å². The molecule has 0 spiro atoms. The van der Waals surface area contributed by atoms with Gasteiger partial charge in [0.25, 0.3) is 5.69 Å². The number of carbonyl (C=O) groups is 1. The summed E-state index contributed by atoms with van der Waals surface area (Å²) in [6, 6.07) is 5.85. The largest absolute Gasteiger partial charge is 0.336 e. The van der Waals surface area contributed by atoms with Crippen LogP contribution in [0.4, 0.5) is 16.2 Å². The number of urea groups is 1. The fraction of sp³-hybridized carbons (Fsp3) is 0.632. The molecule has 1 aromatic rings. The van der Waals surface area contributed by atoms with Gasteiger partial charge in [-0.05, 0) is 44.8 Å². The summed E-state index contributed by atoms with van der Waals surface area (Å²) in [6.45, 7) is 2.81. The second-order valence-corrected chi connectivity index (χ2v) is 7.41. The smallest absolute Gasteiger partial charge is 0.319 e. The molecule has 1 saturated carbocycles. The van der Waals surface area contributed by atoms with Crippen molar-refractivity contribution in [1.82, 2.24) is 10.2 Å². The van der Waals surface area contributed by atoms with Crippen molar-refractivity contribution in [3.63, 3.8) is 0 Å². The zero-order chi connectivity index (χ0) is 18.4. The van der Waals surface area contributed by atoms with E-state index in [0.29, 0.717) is 6.54 Å². The first-order chi connectivity index (χ1) is 12.6. The van der Waals surface area contributed by atoms with Crippen molar-refractivity contribution in [1.29, 1.82) is 0 Å². The number of piperidine rings is 1. The molecular formula is C19H28N4O3. The van der Waals surface area contributed by atoms with Crippen molar-refractivity contribution in [2.45, 2.75) is 56.9 Å². The molecule has 2 fully saturated rings. The quantitative estimate of drug-likeness (QED) is 0.616. The van der Waals surface area contributed by atoms with Gasteiger partial charge in [0.15, 0.2) is 0 Å². The fourth-order valence-corrected chi connectivity index (χ4v) is 4.33. The lowest BCUT2D eigenvalue weighted by atomic mass is 9.79. The van der Waals surface area contributed by atoms with E-state index in [2.05, 4.69) is 15.5 Å². The Morgan fingerprint density at radius 2 is 1.73 bits per heavy atom. The maximum absolute atomic E-state index is 12.4. The minimum atomic E-state index is -0.480. The van der Waals surface area contributed by atoms with Gasteiger partial charge in [-0.25, -0.2) is 4.79 Å². The third-order valence-electron chi connectivity index (χ3n) is 5.74. The summed E-state index contributed by atoms with van der Waals surface area (Å²) >= 11 is 0. The molecular weight excluding hydrogens is 332 g/mol. The Labute approximate surface area is 154 Å². The zero-order valence-electron chi connectivity index (χ0n) is 15.2. The predicted octanol–water partition coefficient (Wildman–Crippen LogP) is 3.91. The standard InChI is InChI=1S/C19H28N4O3/c24-18(21-16-9-3-4-10-17(16)23(25)26)20-15-19(11-5-1-6-12-19)22-13-7-2-8-14-22/h3-4,9-10H,1-2,5-8,11-15H2,(H2,20,21,24). The number of carbonyl (C=O) groups excluding carboxylic acids is 1. The van der Waals surface area contributed by atoms with Crippen LogP contribution in [0, 0.1) is 10.1 Å². The van der Waals surface area contributed by atoms with Crippen molar-refractivity contribution in [3.05, 3.63) is 34.4 Å². The van der Waals surface area contributed by atoms with Crippen LogP contribution in [0.3, 0.4) is 0 Å². The highest BCUT2D eigenvalue weighted by Gasteiger charge is 2.38. The molecule has 2 amide bonds. The Hall–Kier alpha value is -2.15. The van der Waals surface area contributed by atoms with Crippen LogP contribution in [0.1, 0.15) is 51.4 Å². The van der Waals surface area contributed by atoms with Crippen LogP contribution in [0.5, 0.6) is 0 Å². The van der Waals surface area contributed by atoms with Gasteiger partial charge in [0.05, 0.1) is 4.92 Å². The van der Waals surface area contributed by atoms with Crippen LogP contribution in [0.2, 0.25) is 0 Å². The van der Waals surface area contributed by atoms with E-state index in [1.54, 1.807) is 18.2 Å². The van der Waals surface area contributed by atoms with Crippen molar-refractivity contribution in [2.24, 2.45) is 0 Å². The molecule has 2 N–H and O–H groups in total. The van der Waals surface area contributed by atoms with E-state index in [-0.39, 0.29) is 22.9 Å². The van der Waals surface area contributed by atoms with Crippen LogP contribution in [-0.4, -0.2) is 41.0 Å². The number of benzene rings is 1. The molecule has 0 unspecified atom stereocenters. The second kappa shape index (κ2) is 8.49. The third kappa shape index (κ3) is 4.33. The number of hydrogen-bond donors (Lipinski definition) is 2. The number of likely N-dealkylation sites (tertiary alicyclic amines) is 1. The predicted molar refractivity (Wildman–Crippen MR) is 101 cm³/mol. The monoisotopic (exact) mass is 360 g/mol. The number of amides is 2. The Kier molecular flexibility index (Phi) is 6.08. The number of anilines is 1. The van der Waals surface area contributed by atoms with Crippen LogP contribution < -0.4 is 10.6 Å². The van der Waals surface area contributed by atoms with E-state index >= 15 is 0 Å². The Bertz CT molecular complexity index is 637. The summed E-state index contributed by atoms with van der Waals surface area (Å²) < 4.78 is 0. The molecule has 7 heteroatoms. The average molecular weight is 360 g/mol. The Balaban J connectivity index is 1.63. The van der Waals surface area contributed by atoms with E-state index in [9.17, 15) is 14.9 Å². The summed E-state index contributed by atoms with van der Waals surface area (Å²) in [6.07, 6.45) is 9.62. The molecule has 1 aromatic carbocycles. The SMILES string of the molecule is O=C(NCC1(N2CCCCC2)CCCCC1)Nc1ccccc1[N+](=O)[O-]. The molecule has 0 radical (unpaired) electrons. The third-order valence-corrected chi connectivity index (χ3v) is 5.74. The molecule has 1 aliphatic heterocycles. The van der Waals surface area contributed by atoms with Crippen LogP contribution >= 0.6 is 0 Å². The summed E-state index contributed by atoms with van der Waals surface area (Å²) in [4.78, 5) is 25.6. The molecule has 142 valence electrons. The number of nitro benzene ring substituents is 1. The van der Waals surface area contributed by atoms with Crippen molar-refractivity contribution < 1.29 is 9.72 Å². The molecule has 1 aliphatic carbocycles. The molecule has 1 saturated heterocycles. The van der Waals surface area contributed by atoms with Crippen molar-refractivity contribution >= 4 is 17.4 Å². The maximum atomic E-state index is 12.4. The molecule has 2 aliphatic rings. The summed E-state index contributed by atoms with van der Waals surface area (Å²) in [5.74, 6) is 0. The van der Waals surface area contributed by atoms with E-state index in [4.69, 9.17) is 0 Å². The lowest BCUT2D eigenvalue weighted by molar-refractivity contribution is -0.383. The van der Waals surface area contributed by atoms with Gasteiger partial charge in [-0.15, -0.1) is 0 Å². The van der Waals surface area contributed by atoms with Gasteiger partial charge < -0.3 is 10.6 Å². The van der Waals surface area contributed by atoms with Gasteiger partial charge in [0.2, 0.25) is 0 Å². The first-order valence-corrected chi connectivity index (χ1v) is 9.64. The molecule has 26 heavy (non-hydrogen) atoms. The van der Waals surface area contributed by atoms with E-state index in [1.165, 1.54) is 44.6 Å². The lowest BCUT2D eigenvalue weighted by Gasteiger charge is -2.48. The first-order valence-electron chi connectivity index (χ1n) is 9.64. The zero-order valence-corrected chi connectivity index (χ0v) is 15.2. The summed E-state index contributed by atoms with van der Waals surface area (Å²) in [5.41, 5.74) is 0.176. The first kappa shape index (κ1) is 18.6. The van der Waals surface area contributed by atoms with Gasteiger partial charge in [0.1, 0.15) is 5.69 Å². The number of nitro groups is 1. The van der Waals surface area contributed by atoms with Gasteiger partial charge in [0, 0.05) is 18.2 Å². The van der Waals surface area contributed by atoms with Gasteiger partial charge >= 0.3 is 6.03 Å². The molecule has 7 nitrogen and oxygen atoms in total. The van der Waals surface area contributed by atoms with Gasteiger partial charge in [-0.3, -0.25) is 15.0 Å². The Morgan fingerprint density at radius 1 is 1.08 bits per heavy atom. The molecule has 1 heterocycles. The number of nitrogens with one attached hydrogen (secondary N) is 2. The Morgan fingerprint density at radius 3 is 2.42 bits per heavy atom. The number of nitrogens with zero attached hydrogens (tertiary/aromatic N) is 2. The minimum absolute atomic E-state index is 0.0403. The topological polar surface area (TPSA) is 87.5 Å². The van der Waals surface area contributed by atoms with Crippen molar-refractivity contribution in [2.75, 3.05) is 25.0 Å².